The number of nitrogens with two attached hydrogens (primary N) is 1. The van der Waals surface area contributed by atoms with Crippen molar-refractivity contribution < 1.29 is 24.0 Å². The van der Waals surface area contributed by atoms with Crippen molar-refractivity contribution >= 4 is 44.7 Å². The van der Waals surface area contributed by atoms with Crippen LogP contribution in [-0.4, -0.2) is 51.3 Å². The van der Waals surface area contributed by atoms with Gasteiger partial charge in [0.2, 0.25) is 10.9 Å². The lowest BCUT2D eigenvalue weighted by atomic mass is 10.1. The van der Waals surface area contributed by atoms with Crippen LogP contribution in [0.2, 0.25) is 0 Å². The van der Waals surface area contributed by atoms with Crippen molar-refractivity contribution in [1.82, 2.24) is 0 Å². The summed E-state index contributed by atoms with van der Waals surface area (Å²) in [6.07, 6.45) is 0. The number of amides is 2. The number of nitroso groups, excluding NO2 is 1. The summed E-state index contributed by atoms with van der Waals surface area (Å²) in [5.74, 6) is -0.746. The third-order valence-corrected chi connectivity index (χ3v) is 4.90. The molecule has 12 heteroatoms. The van der Waals surface area contributed by atoms with Crippen molar-refractivity contribution in [2.75, 3.05) is 55.5 Å². The largest absolute Gasteiger partial charge is 0.383 e. The molecule has 11 nitrogen and oxygen atoms in total. The lowest BCUT2D eigenvalue weighted by Gasteiger charge is -2.12. The minimum absolute atomic E-state index is 0.255. The Morgan fingerprint density at radius 3 is 2.55 bits per heavy atom. The monoisotopic (exact) mass is 451 g/mol. The van der Waals surface area contributed by atoms with Gasteiger partial charge in [-0.1, -0.05) is 0 Å². The third kappa shape index (κ3) is 8.02. The van der Waals surface area contributed by atoms with Gasteiger partial charge < -0.3 is 25.8 Å². The van der Waals surface area contributed by atoms with E-state index in [-0.39, 0.29) is 16.5 Å². The molecule has 0 aliphatic rings. The van der Waals surface area contributed by atoms with Crippen LogP contribution in [0.5, 0.6) is 0 Å². The molecule has 1 aromatic heterocycles. The summed E-state index contributed by atoms with van der Waals surface area (Å²) in [7, 11) is 0. The Balaban J connectivity index is 1.97. The fourth-order valence-electron chi connectivity index (χ4n) is 2.55. The van der Waals surface area contributed by atoms with E-state index in [1.807, 2.05) is 0 Å². The van der Waals surface area contributed by atoms with Crippen LogP contribution in [0.15, 0.2) is 23.4 Å². The first kappa shape index (κ1) is 24.3. The molecule has 2 aromatic rings. The van der Waals surface area contributed by atoms with Crippen LogP contribution in [0, 0.1) is 11.8 Å². The first-order chi connectivity index (χ1) is 14.9. The Morgan fingerprint density at radius 1 is 1.16 bits per heavy atom. The highest BCUT2D eigenvalue weighted by Crippen LogP contribution is 2.28. The van der Waals surface area contributed by atoms with Crippen molar-refractivity contribution in [2.24, 2.45) is 10.9 Å². The molecule has 6 N–H and O–H groups in total. The normalized spacial score (nSPS) is 10.5. The second kappa shape index (κ2) is 12.7. The maximum atomic E-state index is 12.7. The molecule has 0 atom stereocenters. The van der Waals surface area contributed by atoms with Gasteiger partial charge >= 0.3 is 11.0 Å². The molecule has 0 saturated heterocycles. The van der Waals surface area contributed by atoms with Gasteiger partial charge in [0.1, 0.15) is 5.69 Å². The summed E-state index contributed by atoms with van der Waals surface area (Å²) in [6.45, 7) is 5.99. The van der Waals surface area contributed by atoms with E-state index in [9.17, 15) is 14.5 Å². The zero-order chi connectivity index (χ0) is 22.6. The van der Waals surface area contributed by atoms with E-state index in [2.05, 4.69) is 26.1 Å². The van der Waals surface area contributed by atoms with Gasteiger partial charge in [-0.25, -0.2) is 9.78 Å². The number of carbonyl (C=O) groups is 2. The van der Waals surface area contributed by atoms with Crippen molar-refractivity contribution in [2.45, 2.75) is 13.8 Å². The van der Waals surface area contributed by atoms with E-state index >= 15 is 0 Å². The molecule has 168 valence electrons. The highest BCUT2D eigenvalue weighted by Gasteiger charge is 2.21. The average Bonchev–Trinajstić information content (AvgIpc) is 3.08. The third-order valence-electron chi connectivity index (χ3n) is 3.92. The first-order valence-corrected chi connectivity index (χ1v) is 10.4. The van der Waals surface area contributed by atoms with Gasteiger partial charge in [-0.05, 0) is 34.7 Å². The molecule has 0 radical (unpaired) electrons. The number of ether oxygens (including phenoxy) is 2. The second-order valence-corrected chi connectivity index (χ2v) is 7.41. The van der Waals surface area contributed by atoms with Crippen LogP contribution < -0.4 is 26.7 Å². The van der Waals surface area contributed by atoms with Crippen LogP contribution in [0.4, 0.5) is 21.5 Å². The number of aromatic nitrogens is 1. The van der Waals surface area contributed by atoms with E-state index in [1.54, 1.807) is 25.1 Å². The van der Waals surface area contributed by atoms with E-state index in [1.165, 1.54) is 6.92 Å². The van der Waals surface area contributed by atoms with Gasteiger partial charge in [0.15, 0.2) is 0 Å². The van der Waals surface area contributed by atoms with Crippen LogP contribution in [0.25, 0.3) is 0 Å². The maximum absolute atomic E-state index is 12.7. The molecule has 0 aliphatic carbocycles. The molecule has 1 aromatic carbocycles. The van der Waals surface area contributed by atoms with E-state index < -0.39 is 5.91 Å². The Hall–Kier alpha value is -2.93. The minimum atomic E-state index is -0.439. The number of benzene rings is 1. The molecule has 0 bridgehead atoms. The van der Waals surface area contributed by atoms with Gasteiger partial charge in [0, 0.05) is 32.6 Å². The van der Waals surface area contributed by atoms with Crippen molar-refractivity contribution in [1.29, 1.82) is 0 Å². The summed E-state index contributed by atoms with van der Waals surface area (Å²) < 4.78 is 10.7. The number of anilines is 3. The average molecular weight is 452 g/mol. The van der Waals surface area contributed by atoms with Crippen molar-refractivity contribution in [3.05, 3.63) is 34.4 Å². The highest BCUT2D eigenvalue weighted by molar-refractivity contribution is 7.19. The summed E-state index contributed by atoms with van der Waals surface area (Å²) in [4.78, 5) is 37.9. The van der Waals surface area contributed by atoms with E-state index in [0.29, 0.717) is 61.7 Å². The predicted octanol–water partition coefficient (Wildman–Crippen LogP) is 1.88. The fraction of sp³-hybridized carbons (Fsp3) is 0.421. The Bertz CT molecular complexity index is 904. The number of aryl methyl sites for hydroxylation is 1. The zero-order valence-electron chi connectivity index (χ0n) is 17.4. The summed E-state index contributed by atoms with van der Waals surface area (Å²) in [5.41, 5.74) is 7.24. The SMILES string of the molecule is CC(=O)Nc1cc(NCCOCCOCCN)ccc1C(=O)Nc1[nH+]c(C)c(N=O)s1. The molecule has 2 rings (SSSR count). The topological polar surface area (TPSA) is 158 Å². The molecule has 0 spiro atoms. The number of thiazole rings is 1. The first-order valence-electron chi connectivity index (χ1n) is 9.63. The second-order valence-electron chi connectivity index (χ2n) is 6.41. The molecule has 0 aliphatic heterocycles. The Kier molecular flexibility index (Phi) is 9.97. The van der Waals surface area contributed by atoms with Crippen molar-refractivity contribution in [3.63, 3.8) is 0 Å². The van der Waals surface area contributed by atoms with Crippen LogP contribution in [0.1, 0.15) is 23.0 Å². The van der Waals surface area contributed by atoms with Crippen LogP contribution in [0.3, 0.4) is 0 Å². The number of nitrogens with zero attached hydrogens (tertiary/aromatic N) is 1. The quantitative estimate of drug-likeness (QED) is 0.267. The Morgan fingerprint density at radius 2 is 1.90 bits per heavy atom. The number of H-pyrrole nitrogens is 1. The number of rotatable bonds is 13. The number of hydrogen-bond donors (Lipinski definition) is 4. The molecular weight excluding hydrogens is 424 g/mol. The standard InChI is InChI=1S/C19H26N6O5S/c1-12-18(25-28)31-19(22-12)24-17(27)15-4-3-14(11-16(15)23-13(2)26)21-6-8-30-10-9-29-7-5-20/h3-4,11,21H,5-10,20H2,1-2H3,(H,23,26)(H,22,24,27)/p+1. The minimum Gasteiger partial charge on any atom is -0.383 e. The smallest absolute Gasteiger partial charge is 0.341 e. The number of nitrogens with one attached hydrogen (secondary N) is 4. The summed E-state index contributed by atoms with van der Waals surface area (Å²) in [6, 6.07) is 5.00. The summed E-state index contributed by atoms with van der Waals surface area (Å²) >= 11 is 1.03. The van der Waals surface area contributed by atoms with Crippen molar-refractivity contribution in [3.8, 4) is 0 Å². The molecule has 1 heterocycles. The van der Waals surface area contributed by atoms with Gasteiger partial charge in [-0.15, -0.1) is 4.91 Å². The highest BCUT2D eigenvalue weighted by atomic mass is 32.1. The number of carbonyl (C=O) groups excluding carboxylic acids is 2. The molecule has 0 unspecified atom stereocenters. The zero-order valence-corrected chi connectivity index (χ0v) is 18.3. The van der Waals surface area contributed by atoms with E-state index in [0.717, 1.165) is 11.3 Å². The number of hydrogen-bond acceptors (Lipinski definition) is 9. The maximum Gasteiger partial charge on any atom is 0.341 e. The number of aromatic amines is 1. The van der Waals surface area contributed by atoms with Crippen LogP contribution in [-0.2, 0) is 14.3 Å². The molecule has 2 amide bonds. The van der Waals surface area contributed by atoms with E-state index in [4.69, 9.17) is 15.2 Å². The fourth-order valence-corrected chi connectivity index (χ4v) is 3.34. The van der Waals surface area contributed by atoms with Gasteiger partial charge in [-0.3, -0.25) is 4.79 Å². The van der Waals surface area contributed by atoms with Gasteiger partial charge in [0.05, 0.1) is 37.7 Å². The van der Waals surface area contributed by atoms with Gasteiger partial charge in [0.25, 0.3) is 0 Å². The summed E-state index contributed by atoms with van der Waals surface area (Å²) in [5, 5.41) is 12.0. The van der Waals surface area contributed by atoms with Gasteiger partial charge in [-0.2, -0.15) is 5.32 Å². The molecule has 0 saturated carbocycles. The lowest BCUT2D eigenvalue weighted by molar-refractivity contribution is -0.363. The molecule has 0 fully saturated rings. The lowest BCUT2D eigenvalue weighted by Crippen LogP contribution is -2.20. The molecule has 31 heavy (non-hydrogen) atoms. The molecular formula is C19H27N6O5S+. The predicted molar refractivity (Wildman–Crippen MR) is 119 cm³/mol. The Labute approximate surface area is 183 Å². The van der Waals surface area contributed by atoms with Crippen LogP contribution >= 0.6 is 11.3 Å².